The van der Waals surface area contributed by atoms with Crippen LogP contribution in [0.25, 0.3) is 107 Å². The van der Waals surface area contributed by atoms with E-state index in [0.29, 0.717) is 37.3 Å². The third-order valence-corrected chi connectivity index (χ3v) is 18.3. The Morgan fingerprint density at radius 3 is 1.33 bits per heavy atom. The first-order valence-corrected chi connectivity index (χ1v) is 33.1. The Labute approximate surface area is 529 Å². The Bertz CT molecular complexity index is 4530. The van der Waals surface area contributed by atoms with E-state index < -0.39 is 22.2 Å². The number of hydrogen-bond donors (Lipinski definition) is 0. The molecule has 11 rings (SSSR count). The van der Waals surface area contributed by atoms with Gasteiger partial charge < -0.3 is 9.47 Å². The van der Waals surface area contributed by atoms with E-state index in [1.54, 1.807) is 12.1 Å². The first-order valence-electron chi connectivity index (χ1n) is 33.1. The van der Waals surface area contributed by atoms with Crippen LogP contribution >= 0.6 is 0 Å². The van der Waals surface area contributed by atoms with E-state index >= 15 is 0 Å². The minimum Gasteiger partial charge on any atom is -0.493 e. The number of unbranched alkanes of at least 4 members (excludes halogenated alkanes) is 7. The van der Waals surface area contributed by atoms with Crippen molar-refractivity contribution in [3.05, 3.63) is 239 Å². The van der Waals surface area contributed by atoms with E-state index in [1.165, 1.54) is 79.4 Å². The molecule has 8 nitrogen and oxygen atoms in total. The molecule has 0 N–H and O–H groups in total. The summed E-state index contributed by atoms with van der Waals surface area (Å²) >= 11 is 0. The number of nitrogens with zero attached hydrogens (tertiary/aromatic N) is 2. The zero-order chi connectivity index (χ0) is 62.5. The van der Waals surface area contributed by atoms with Crippen molar-refractivity contribution < 1.29 is 9.47 Å². The highest BCUT2D eigenvalue weighted by Crippen LogP contribution is 2.39. The van der Waals surface area contributed by atoms with Gasteiger partial charge in [-0.3, -0.25) is 23.7 Å². The lowest BCUT2D eigenvalue weighted by Crippen LogP contribution is -2.25. The van der Waals surface area contributed by atoms with Gasteiger partial charge in [-0.25, -0.2) is 4.57 Å². The summed E-state index contributed by atoms with van der Waals surface area (Å²) < 4.78 is 16.1. The molecule has 0 bridgehead atoms. The maximum absolute atomic E-state index is 13.8. The van der Waals surface area contributed by atoms with Gasteiger partial charge in [0.1, 0.15) is 11.5 Å². The third kappa shape index (κ3) is 14.1. The van der Waals surface area contributed by atoms with Crippen LogP contribution in [0.2, 0.25) is 0 Å². The number of hydrogen-bond acceptors (Lipinski definition) is 6. The molecule has 2 aromatic heterocycles. The van der Waals surface area contributed by atoms with Crippen LogP contribution in [0.15, 0.2) is 183 Å². The monoisotopic (exact) mass is 1190 g/mol. The first kappa shape index (κ1) is 62.5. The quantitative estimate of drug-likeness (QED) is 0.0263. The Balaban J connectivity index is 0.835. The van der Waals surface area contributed by atoms with Gasteiger partial charge in [0.25, 0.3) is 22.2 Å². The highest BCUT2D eigenvalue weighted by Gasteiger charge is 2.21. The van der Waals surface area contributed by atoms with Gasteiger partial charge in [-0.05, 0) is 151 Å². The summed E-state index contributed by atoms with van der Waals surface area (Å²) in [5.74, 6) is 2.55. The van der Waals surface area contributed by atoms with E-state index in [1.807, 2.05) is 24.3 Å². The van der Waals surface area contributed by atoms with E-state index in [9.17, 15) is 19.2 Å². The van der Waals surface area contributed by atoms with Gasteiger partial charge in [-0.1, -0.05) is 251 Å². The number of rotatable bonds is 29. The van der Waals surface area contributed by atoms with Crippen molar-refractivity contribution in [1.29, 1.82) is 0 Å². The molecule has 0 saturated heterocycles. The second kappa shape index (κ2) is 29.5. The molecular formula is C82H84N2O6. The molecule has 0 aliphatic rings. The molecule has 9 aromatic carbocycles. The van der Waals surface area contributed by atoms with Crippen molar-refractivity contribution >= 4 is 90.3 Å². The van der Waals surface area contributed by atoms with Crippen LogP contribution in [0.4, 0.5) is 0 Å². The van der Waals surface area contributed by atoms with Crippen LogP contribution in [-0.4, -0.2) is 22.3 Å². The van der Waals surface area contributed by atoms with Gasteiger partial charge in [0.05, 0.1) is 40.4 Å². The molecule has 0 aliphatic heterocycles. The highest BCUT2D eigenvalue weighted by molar-refractivity contribution is 6.15. The molecule has 0 spiro atoms. The zero-order valence-electron chi connectivity index (χ0n) is 53.1. The Kier molecular flexibility index (Phi) is 20.4. The molecule has 8 heteroatoms. The van der Waals surface area contributed by atoms with Gasteiger partial charge in [-0.2, -0.15) is 0 Å². The van der Waals surface area contributed by atoms with Crippen molar-refractivity contribution in [3.8, 4) is 28.3 Å². The SMILES string of the molecule is CCCCCCCCn1c(=O)c2cc3c(=O)n(-c4ccc(/C=C/c5ccc(/C=C/c6cc(OCC(CC)CCCC)c(/C=C/c7ccc(-c8c9ccccc9cc9cc%10ccccc%10cc89)cc7)cc6OCC(CC)CCCC)cc5)cc4)c(=O)c3cc2c1=O. The lowest BCUT2D eigenvalue weighted by atomic mass is 9.90. The Hall–Kier alpha value is -9.14. The summed E-state index contributed by atoms with van der Waals surface area (Å²) in [6.45, 7) is 12.8. The van der Waals surface area contributed by atoms with Crippen LogP contribution in [0.3, 0.4) is 0 Å². The third-order valence-electron chi connectivity index (χ3n) is 18.3. The van der Waals surface area contributed by atoms with Crippen LogP contribution in [0.1, 0.15) is 158 Å². The predicted molar refractivity (Wildman–Crippen MR) is 381 cm³/mol. The van der Waals surface area contributed by atoms with Crippen molar-refractivity contribution in [2.45, 2.75) is 131 Å². The standard InChI is InChI=1S/C82H84N2O6/c1-6-11-14-15-16-21-46-83-79(85)72-52-74-75(53-73(72)80(83)86)82(88)84(81(74)87)69-44-38-60(39-45-69)33-30-58-28-31-59(32-29-58)36-42-66-50-77(90-55-57(10-5)23-13-8-3)67(51-76(66)89-54-56(9-4)22-12-7-2)43-37-61-34-40-62(41-35-61)78-70-27-20-19-26-65(70)48-68-47-63-24-17-18-25-64(63)49-71(68)78/h17-20,24-45,47-53,56-57H,6-16,21-23,46,54-55H2,1-5H3/b33-30+,42-36+,43-37+. The maximum atomic E-state index is 13.8. The van der Waals surface area contributed by atoms with Gasteiger partial charge in [0, 0.05) is 17.7 Å². The normalized spacial score (nSPS) is 12.8. The van der Waals surface area contributed by atoms with Crippen LogP contribution in [0, 0.1) is 11.8 Å². The lowest BCUT2D eigenvalue weighted by molar-refractivity contribution is 0.227. The van der Waals surface area contributed by atoms with E-state index in [0.717, 1.165) is 120 Å². The number of fused-ring (bicyclic) bond motifs is 5. The molecule has 0 fully saturated rings. The van der Waals surface area contributed by atoms with Crippen molar-refractivity contribution in [2.75, 3.05) is 13.2 Å². The highest BCUT2D eigenvalue weighted by atomic mass is 16.5. The topological polar surface area (TPSA) is 96.6 Å². The smallest absolute Gasteiger partial charge is 0.266 e. The average Bonchev–Trinajstić information content (AvgIpc) is 1.45. The van der Waals surface area contributed by atoms with Crippen LogP contribution < -0.4 is 31.7 Å². The molecule has 0 saturated carbocycles. The molecule has 0 amide bonds. The Morgan fingerprint density at radius 2 is 0.811 bits per heavy atom. The van der Waals surface area contributed by atoms with Gasteiger partial charge in [0.15, 0.2) is 0 Å². The molecule has 0 aliphatic carbocycles. The predicted octanol–water partition coefficient (Wildman–Crippen LogP) is 20.1. The molecule has 0 radical (unpaired) electrons. The molecule has 458 valence electrons. The summed E-state index contributed by atoms with van der Waals surface area (Å²) in [5, 5.41) is 8.07. The van der Waals surface area contributed by atoms with Gasteiger partial charge in [-0.15, -0.1) is 0 Å². The van der Waals surface area contributed by atoms with Crippen LogP contribution in [0.5, 0.6) is 11.5 Å². The zero-order valence-corrected chi connectivity index (χ0v) is 53.1. The maximum Gasteiger partial charge on any atom is 0.266 e. The Morgan fingerprint density at radius 1 is 0.378 bits per heavy atom. The van der Waals surface area contributed by atoms with E-state index in [4.69, 9.17) is 9.47 Å². The lowest BCUT2D eigenvalue weighted by Gasteiger charge is -2.20. The van der Waals surface area contributed by atoms with Crippen LogP contribution in [-0.2, 0) is 6.54 Å². The average molecular weight is 1190 g/mol. The second-order valence-electron chi connectivity index (χ2n) is 24.6. The molecule has 2 unspecified atom stereocenters. The van der Waals surface area contributed by atoms with E-state index in [-0.39, 0.29) is 21.5 Å². The minimum absolute atomic E-state index is 0.137. The van der Waals surface area contributed by atoms with E-state index in [2.05, 4.69) is 186 Å². The van der Waals surface area contributed by atoms with Crippen molar-refractivity contribution in [1.82, 2.24) is 9.13 Å². The molecule has 11 aromatic rings. The van der Waals surface area contributed by atoms with Gasteiger partial charge in [0.2, 0.25) is 0 Å². The molecule has 2 heterocycles. The van der Waals surface area contributed by atoms with Crippen molar-refractivity contribution in [2.24, 2.45) is 11.8 Å². The largest absolute Gasteiger partial charge is 0.493 e. The van der Waals surface area contributed by atoms with Gasteiger partial charge >= 0.3 is 0 Å². The molecule has 90 heavy (non-hydrogen) atoms. The fraction of sp³-hybridized carbons (Fsp3) is 0.293. The summed E-state index contributed by atoms with van der Waals surface area (Å²) in [7, 11) is 0. The number of aromatic nitrogens is 2. The summed E-state index contributed by atoms with van der Waals surface area (Å²) in [6, 6.07) is 56.1. The fourth-order valence-corrected chi connectivity index (χ4v) is 12.7. The van der Waals surface area contributed by atoms with Crippen molar-refractivity contribution in [3.63, 3.8) is 0 Å². The number of ether oxygens (including phenoxy) is 2. The summed E-state index contributed by atoms with van der Waals surface area (Å²) in [4.78, 5) is 54.4. The summed E-state index contributed by atoms with van der Waals surface area (Å²) in [6.07, 6.45) is 27.9. The molecule has 2 atom stereocenters. The first-order chi connectivity index (χ1) is 44.0. The summed E-state index contributed by atoms with van der Waals surface area (Å²) in [5.41, 5.74) is 6.96. The minimum atomic E-state index is -0.512. The second-order valence-corrected chi connectivity index (χ2v) is 24.6. The number of benzene rings is 9. The molecular weight excluding hydrogens is 1110 g/mol. The fourth-order valence-electron chi connectivity index (χ4n) is 12.7.